The minimum Gasteiger partial charge on any atom is -0.497 e. The average Bonchev–Trinajstić information content (AvgIpc) is 2.74. The van der Waals surface area contributed by atoms with E-state index in [0.29, 0.717) is 38.4 Å². The first-order chi connectivity index (χ1) is 14.3. The highest BCUT2D eigenvalue weighted by atomic mass is 19.4. The minimum atomic E-state index is -4.36. The Hall–Kier alpha value is -2.74. The standard InChI is InChI=1S/C22H26F3N3O2/c1-26(15-17-6-8-20(30-2)9-7-17)16-21(29)28-12-10-27(11-13-28)19-5-3-4-18(14-19)22(23,24)25/h3-9,14H,10-13,15-16H2,1-2H3/p+1. The van der Waals surface area contributed by atoms with Gasteiger partial charge in [-0.3, -0.25) is 4.79 Å². The molecule has 3 rings (SSSR count). The van der Waals surface area contributed by atoms with Crippen LogP contribution in [0.3, 0.4) is 0 Å². The van der Waals surface area contributed by atoms with Crippen LogP contribution in [-0.2, 0) is 17.5 Å². The van der Waals surface area contributed by atoms with Crippen molar-refractivity contribution < 1.29 is 27.6 Å². The minimum absolute atomic E-state index is 0.0599. The topological polar surface area (TPSA) is 37.2 Å². The monoisotopic (exact) mass is 422 g/mol. The van der Waals surface area contributed by atoms with E-state index in [9.17, 15) is 18.0 Å². The van der Waals surface area contributed by atoms with Gasteiger partial charge in [-0.2, -0.15) is 13.2 Å². The van der Waals surface area contributed by atoms with Crippen LogP contribution in [0.25, 0.3) is 0 Å². The highest BCUT2D eigenvalue weighted by Crippen LogP contribution is 2.31. The first kappa shape index (κ1) is 22.0. The molecule has 0 radical (unpaired) electrons. The smallest absolute Gasteiger partial charge is 0.416 e. The second-order valence-corrected chi connectivity index (χ2v) is 7.57. The number of benzene rings is 2. The third-order valence-corrected chi connectivity index (χ3v) is 5.29. The molecule has 2 aromatic carbocycles. The van der Waals surface area contributed by atoms with Gasteiger partial charge in [0, 0.05) is 37.4 Å². The fourth-order valence-corrected chi connectivity index (χ4v) is 3.62. The van der Waals surface area contributed by atoms with Crippen LogP contribution in [0.15, 0.2) is 48.5 Å². The SMILES string of the molecule is COc1ccc(C[NH+](C)CC(=O)N2CCN(c3cccc(C(F)(F)F)c3)CC2)cc1. The molecule has 1 aliphatic rings. The number of ether oxygens (including phenoxy) is 1. The van der Waals surface area contributed by atoms with Gasteiger partial charge in [0.05, 0.1) is 19.7 Å². The summed E-state index contributed by atoms with van der Waals surface area (Å²) in [4.78, 5) is 17.4. The number of hydrogen-bond acceptors (Lipinski definition) is 3. The molecule has 1 fully saturated rings. The lowest BCUT2D eigenvalue weighted by atomic mass is 10.1. The molecule has 0 aliphatic carbocycles. The van der Waals surface area contributed by atoms with Crippen molar-refractivity contribution in [3.63, 3.8) is 0 Å². The Kier molecular flexibility index (Phi) is 6.87. The number of hydrogen-bond donors (Lipinski definition) is 1. The zero-order valence-corrected chi connectivity index (χ0v) is 17.2. The van der Waals surface area contributed by atoms with Gasteiger partial charge in [-0.05, 0) is 42.5 Å². The summed E-state index contributed by atoms with van der Waals surface area (Å²) < 4.78 is 44.0. The van der Waals surface area contributed by atoms with Crippen LogP contribution in [0.2, 0.25) is 0 Å². The van der Waals surface area contributed by atoms with E-state index >= 15 is 0 Å². The molecule has 1 aliphatic heterocycles. The second kappa shape index (κ2) is 9.38. The van der Waals surface area contributed by atoms with Crippen LogP contribution in [0, 0.1) is 0 Å². The molecule has 1 heterocycles. The van der Waals surface area contributed by atoms with E-state index in [1.54, 1.807) is 18.1 Å². The molecule has 1 N–H and O–H groups in total. The van der Waals surface area contributed by atoms with Crippen molar-refractivity contribution in [1.29, 1.82) is 0 Å². The molecule has 30 heavy (non-hydrogen) atoms. The Balaban J connectivity index is 1.50. The molecule has 2 aromatic rings. The number of piperazine rings is 1. The van der Waals surface area contributed by atoms with Crippen LogP contribution in [0.4, 0.5) is 18.9 Å². The normalized spacial score (nSPS) is 15.8. The zero-order chi connectivity index (χ0) is 21.7. The van der Waals surface area contributed by atoms with Crippen molar-refractivity contribution in [2.75, 3.05) is 51.8 Å². The zero-order valence-electron chi connectivity index (χ0n) is 17.2. The Morgan fingerprint density at radius 1 is 1.07 bits per heavy atom. The Bertz CT molecular complexity index is 847. The van der Waals surface area contributed by atoms with Gasteiger partial charge in [0.2, 0.25) is 0 Å². The number of quaternary nitrogens is 1. The van der Waals surface area contributed by atoms with Crippen molar-refractivity contribution >= 4 is 11.6 Å². The van der Waals surface area contributed by atoms with E-state index in [2.05, 4.69) is 0 Å². The summed E-state index contributed by atoms with van der Waals surface area (Å²) in [6.07, 6.45) is -4.36. The van der Waals surface area contributed by atoms with Gasteiger partial charge in [-0.25, -0.2) is 0 Å². The van der Waals surface area contributed by atoms with Gasteiger partial charge >= 0.3 is 6.18 Å². The number of methoxy groups -OCH3 is 1. The molecule has 0 aromatic heterocycles. The van der Waals surface area contributed by atoms with Gasteiger partial charge in [-0.15, -0.1) is 0 Å². The fourth-order valence-electron chi connectivity index (χ4n) is 3.62. The van der Waals surface area contributed by atoms with Crippen molar-refractivity contribution in [3.05, 3.63) is 59.7 Å². The number of alkyl halides is 3. The van der Waals surface area contributed by atoms with E-state index in [-0.39, 0.29) is 5.91 Å². The first-order valence-electron chi connectivity index (χ1n) is 9.90. The van der Waals surface area contributed by atoms with E-state index in [4.69, 9.17) is 4.74 Å². The maximum Gasteiger partial charge on any atom is 0.416 e. The van der Waals surface area contributed by atoms with E-state index in [0.717, 1.165) is 28.8 Å². The van der Waals surface area contributed by atoms with Gasteiger partial charge in [0.1, 0.15) is 12.3 Å². The van der Waals surface area contributed by atoms with Gasteiger partial charge in [0.15, 0.2) is 6.54 Å². The molecule has 1 saturated heterocycles. The quantitative estimate of drug-likeness (QED) is 0.775. The van der Waals surface area contributed by atoms with Crippen LogP contribution >= 0.6 is 0 Å². The van der Waals surface area contributed by atoms with E-state index in [1.165, 1.54) is 12.1 Å². The third-order valence-electron chi connectivity index (χ3n) is 5.29. The Morgan fingerprint density at radius 3 is 2.33 bits per heavy atom. The summed E-state index contributed by atoms with van der Waals surface area (Å²) in [5, 5.41) is 0. The number of likely N-dealkylation sites (N-methyl/N-ethyl adjacent to an activating group) is 1. The maximum atomic E-state index is 12.9. The lowest BCUT2D eigenvalue weighted by molar-refractivity contribution is -0.885. The number of rotatable bonds is 6. The largest absolute Gasteiger partial charge is 0.497 e. The van der Waals surface area contributed by atoms with E-state index < -0.39 is 11.7 Å². The molecule has 5 nitrogen and oxygen atoms in total. The Labute approximate surface area is 174 Å². The van der Waals surface area contributed by atoms with Crippen LogP contribution in [-0.4, -0.2) is 57.7 Å². The summed E-state index contributed by atoms with van der Waals surface area (Å²) in [5.41, 5.74) is 1.01. The molecule has 0 bridgehead atoms. The molecular formula is C22H27F3N3O2+. The molecule has 1 unspecified atom stereocenters. The van der Waals surface area contributed by atoms with Crippen LogP contribution in [0.5, 0.6) is 5.75 Å². The number of amides is 1. The third kappa shape index (κ3) is 5.66. The van der Waals surface area contributed by atoms with Crippen molar-refractivity contribution in [2.24, 2.45) is 0 Å². The number of carbonyl (C=O) groups is 1. The highest BCUT2D eigenvalue weighted by molar-refractivity contribution is 5.77. The maximum absolute atomic E-state index is 12.9. The van der Waals surface area contributed by atoms with Gasteiger partial charge in [-0.1, -0.05) is 6.07 Å². The van der Waals surface area contributed by atoms with Crippen LogP contribution in [0.1, 0.15) is 11.1 Å². The molecule has 162 valence electrons. The number of nitrogens with zero attached hydrogens (tertiary/aromatic N) is 2. The summed E-state index contributed by atoms with van der Waals surface area (Å²) >= 11 is 0. The predicted molar refractivity (Wildman–Crippen MR) is 109 cm³/mol. The molecule has 0 saturated carbocycles. The second-order valence-electron chi connectivity index (χ2n) is 7.57. The van der Waals surface area contributed by atoms with Crippen LogP contribution < -0.4 is 14.5 Å². The summed E-state index contributed by atoms with van der Waals surface area (Å²) in [5.74, 6) is 0.857. The molecule has 1 amide bonds. The number of halogens is 3. The number of anilines is 1. The number of nitrogens with one attached hydrogen (secondary N) is 1. The fraction of sp³-hybridized carbons (Fsp3) is 0.409. The first-order valence-corrected chi connectivity index (χ1v) is 9.90. The molecular weight excluding hydrogens is 395 g/mol. The number of carbonyl (C=O) groups excluding carboxylic acids is 1. The Morgan fingerprint density at radius 2 is 1.73 bits per heavy atom. The lowest BCUT2D eigenvalue weighted by Gasteiger charge is -2.36. The van der Waals surface area contributed by atoms with Crippen molar-refractivity contribution in [3.8, 4) is 5.75 Å². The molecule has 8 heteroatoms. The summed E-state index contributed by atoms with van der Waals surface area (Å²) in [6.45, 7) is 3.14. The summed E-state index contributed by atoms with van der Waals surface area (Å²) in [6, 6.07) is 13.1. The summed E-state index contributed by atoms with van der Waals surface area (Å²) in [7, 11) is 3.60. The van der Waals surface area contributed by atoms with Gasteiger partial charge in [0.25, 0.3) is 5.91 Å². The predicted octanol–water partition coefficient (Wildman–Crippen LogP) is 2.08. The van der Waals surface area contributed by atoms with Crippen molar-refractivity contribution in [2.45, 2.75) is 12.7 Å². The van der Waals surface area contributed by atoms with E-state index in [1.807, 2.05) is 36.2 Å². The molecule has 0 spiro atoms. The average molecular weight is 422 g/mol. The highest BCUT2D eigenvalue weighted by Gasteiger charge is 2.31. The van der Waals surface area contributed by atoms with Crippen molar-refractivity contribution in [1.82, 2.24) is 4.90 Å². The lowest BCUT2D eigenvalue weighted by Crippen LogP contribution is -3.09. The van der Waals surface area contributed by atoms with Gasteiger partial charge < -0.3 is 19.4 Å². The molecule has 1 atom stereocenters.